The molecule has 4 heterocycles. The van der Waals surface area contributed by atoms with Crippen LogP contribution >= 0.6 is 34.3 Å². The molecular formula is C24H17ClN2O4S2. The summed E-state index contributed by atoms with van der Waals surface area (Å²) in [5.74, 6) is 0.631. The lowest BCUT2D eigenvalue weighted by Gasteiger charge is -2.22. The second-order valence-corrected chi connectivity index (χ2v) is 9.67. The maximum absolute atomic E-state index is 13.5. The Morgan fingerprint density at radius 2 is 2.03 bits per heavy atom. The number of benzene rings is 1. The molecule has 0 saturated heterocycles. The van der Waals surface area contributed by atoms with Gasteiger partial charge in [-0.3, -0.25) is 9.36 Å². The van der Waals surface area contributed by atoms with E-state index < -0.39 is 12.0 Å². The zero-order valence-corrected chi connectivity index (χ0v) is 20.0. The number of aromatic nitrogens is 1. The van der Waals surface area contributed by atoms with Crippen molar-refractivity contribution in [3.8, 4) is 11.3 Å². The van der Waals surface area contributed by atoms with Gasteiger partial charge in [-0.1, -0.05) is 41.1 Å². The van der Waals surface area contributed by atoms with E-state index in [-0.39, 0.29) is 5.56 Å². The van der Waals surface area contributed by atoms with Crippen molar-refractivity contribution in [1.29, 1.82) is 0 Å². The van der Waals surface area contributed by atoms with E-state index in [1.807, 2.05) is 41.8 Å². The summed E-state index contributed by atoms with van der Waals surface area (Å²) in [5, 5.41) is 2.49. The topological polar surface area (TPSA) is 73.8 Å². The number of halogens is 1. The average Bonchev–Trinajstić information content (AvgIpc) is 3.55. The van der Waals surface area contributed by atoms with Crippen LogP contribution in [0, 0.1) is 0 Å². The number of allylic oxidation sites excluding steroid dienone is 1. The highest BCUT2D eigenvalue weighted by Crippen LogP contribution is 2.33. The number of thiazole rings is 1. The predicted octanol–water partition coefficient (Wildman–Crippen LogP) is 4.38. The van der Waals surface area contributed by atoms with Gasteiger partial charge in [0.1, 0.15) is 17.6 Å². The van der Waals surface area contributed by atoms with Gasteiger partial charge in [-0.15, -0.1) is 11.3 Å². The van der Waals surface area contributed by atoms with Crippen molar-refractivity contribution in [1.82, 2.24) is 4.57 Å². The van der Waals surface area contributed by atoms with Crippen LogP contribution in [-0.4, -0.2) is 17.6 Å². The molecular weight excluding hydrogens is 480 g/mol. The molecule has 0 fully saturated rings. The minimum atomic E-state index is -0.592. The Bertz CT molecular complexity index is 1570. The van der Waals surface area contributed by atoms with Crippen LogP contribution in [0.5, 0.6) is 0 Å². The van der Waals surface area contributed by atoms with E-state index in [1.165, 1.54) is 29.8 Å². The molecule has 0 spiro atoms. The van der Waals surface area contributed by atoms with Crippen LogP contribution < -0.4 is 14.9 Å². The number of hydrogen-bond donors (Lipinski definition) is 0. The molecule has 0 radical (unpaired) electrons. The van der Waals surface area contributed by atoms with Crippen LogP contribution in [0.25, 0.3) is 17.4 Å². The fraction of sp³-hybridized carbons (Fsp3) is 0.125. The number of carbonyl (C=O) groups is 1. The van der Waals surface area contributed by atoms with Crippen molar-refractivity contribution < 1.29 is 13.9 Å². The van der Waals surface area contributed by atoms with E-state index in [1.54, 1.807) is 29.7 Å². The summed E-state index contributed by atoms with van der Waals surface area (Å²) in [5.41, 5.74) is 1.42. The van der Waals surface area contributed by atoms with E-state index in [0.29, 0.717) is 37.1 Å². The Kier molecular flexibility index (Phi) is 5.65. The molecule has 3 aromatic heterocycles. The molecule has 5 rings (SSSR count). The maximum atomic E-state index is 13.5. The second-order valence-electron chi connectivity index (χ2n) is 7.27. The summed E-state index contributed by atoms with van der Waals surface area (Å²) < 4.78 is 13.0. The fourth-order valence-electron chi connectivity index (χ4n) is 3.77. The van der Waals surface area contributed by atoms with Gasteiger partial charge in [-0.25, -0.2) is 9.79 Å². The Morgan fingerprint density at radius 1 is 1.21 bits per heavy atom. The van der Waals surface area contributed by atoms with Crippen molar-refractivity contribution in [3.63, 3.8) is 0 Å². The largest absolute Gasteiger partial charge is 0.466 e. The smallest absolute Gasteiger partial charge is 0.338 e. The lowest BCUT2D eigenvalue weighted by Crippen LogP contribution is -2.39. The molecule has 1 atom stereocenters. The molecule has 1 aliphatic heterocycles. The van der Waals surface area contributed by atoms with Crippen molar-refractivity contribution in [2.45, 2.75) is 13.0 Å². The summed E-state index contributed by atoms with van der Waals surface area (Å²) in [7, 11) is 1.33. The van der Waals surface area contributed by atoms with Crippen molar-refractivity contribution >= 4 is 46.3 Å². The second kappa shape index (κ2) is 8.62. The number of hydrogen-bond acceptors (Lipinski definition) is 7. The summed E-state index contributed by atoms with van der Waals surface area (Å²) >= 11 is 9.00. The number of methoxy groups -OCH3 is 1. The molecule has 9 heteroatoms. The number of esters is 1. The van der Waals surface area contributed by atoms with Gasteiger partial charge in [0.25, 0.3) is 5.56 Å². The zero-order valence-electron chi connectivity index (χ0n) is 17.6. The number of fused-ring (bicyclic) bond motifs is 1. The van der Waals surface area contributed by atoms with Gasteiger partial charge in [0.05, 0.1) is 27.9 Å². The normalized spacial score (nSPS) is 16.0. The van der Waals surface area contributed by atoms with Crippen LogP contribution in [0.3, 0.4) is 0 Å². The Balaban J connectivity index is 1.64. The molecule has 33 heavy (non-hydrogen) atoms. The first kappa shape index (κ1) is 21.6. The minimum Gasteiger partial charge on any atom is -0.466 e. The van der Waals surface area contributed by atoms with Gasteiger partial charge in [0.2, 0.25) is 0 Å². The molecule has 0 amide bonds. The van der Waals surface area contributed by atoms with Crippen LogP contribution in [0.2, 0.25) is 5.02 Å². The number of ether oxygens (including phenoxy) is 1. The molecule has 4 aromatic rings. The van der Waals surface area contributed by atoms with Crippen molar-refractivity contribution in [3.05, 3.63) is 101 Å². The van der Waals surface area contributed by atoms with Crippen molar-refractivity contribution in [2.75, 3.05) is 7.11 Å². The fourth-order valence-corrected chi connectivity index (χ4v) is 5.85. The average molecular weight is 497 g/mol. The van der Waals surface area contributed by atoms with Crippen LogP contribution in [-0.2, 0) is 9.53 Å². The van der Waals surface area contributed by atoms with E-state index in [4.69, 9.17) is 20.8 Å². The van der Waals surface area contributed by atoms with Gasteiger partial charge in [-0.2, -0.15) is 0 Å². The maximum Gasteiger partial charge on any atom is 0.338 e. The van der Waals surface area contributed by atoms with Crippen LogP contribution in [0.1, 0.15) is 23.6 Å². The number of nitrogens with zero attached hydrogens (tertiary/aromatic N) is 2. The predicted molar refractivity (Wildman–Crippen MR) is 129 cm³/mol. The third kappa shape index (κ3) is 3.80. The highest BCUT2D eigenvalue weighted by atomic mass is 35.5. The van der Waals surface area contributed by atoms with E-state index in [2.05, 4.69) is 4.99 Å². The summed E-state index contributed by atoms with van der Waals surface area (Å²) in [6.07, 6.45) is 1.69. The molecule has 1 aromatic carbocycles. The van der Waals surface area contributed by atoms with Crippen molar-refractivity contribution in [2.24, 2.45) is 4.99 Å². The third-order valence-corrected chi connectivity index (χ3v) is 7.52. The molecule has 0 saturated carbocycles. The highest BCUT2D eigenvalue weighted by Gasteiger charge is 2.33. The standard InChI is InChI=1S/C24H17ClN2O4S2/c1-13-20(23(29)30-2)21(18-8-5-11-32-18)27-22(28)19(33-24(27)26-13)12-14-9-10-17(31-14)15-6-3-4-7-16(15)25/h3-12,21H,1-2H3/b19-12+/t21-/m1/s1. The van der Waals surface area contributed by atoms with Gasteiger partial charge in [0.15, 0.2) is 4.80 Å². The molecule has 0 aliphatic carbocycles. The highest BCUT2D eigenvalue weighted by molar-refractivity contribution is 7.10. The molecule has 1 aliphatic rings. The number of furan rings is 1. The zero-order chi connectivity index (χ0) is 23.1. The summed E-state index contributed by atoms with van der Waals surface area (Å²) in [6, 6.07) is 14.2. The van der Waals surface area contributed by atoms with E-state index in [0.717, 1.165) is 10.4 Å². The first-order valence-electron chi connectivity index (χ1n) is 9.97. The minimum absolute atomic E-state index is 0.248. The SMILES string of the molecule is COC(=O)C1=C(C)N=c2s/c(=C/c3ccc(-c4ccccc4Cl)o3)c(=O)n2[C@@H]1c1cccs1. The quantitative estimate of drug-likeness (QED) is 0.393. The summed E-state index contributed by atoms with van der Waals surface area (Å²) in [4.78, 5) is 32.0. The monoisotopic (exact) mass is 496 g/mol. The number of thiophene rings is 1. The van der Waals surface area contributed by atoms with Crippen LogP contribution in [0.15, 0.2) is 79.4 Å². The number of rotatable bonds is 4. The van der Waals surface area contributed by atoms with Gasteiger partial charge < -0.3 is 9.15 Å². The molecule has 0 N–H and O–H groups in total. The Morgan fingerprint density at radius 3 is 2.76 bits per heavy atom. The van der Waals surface area contributed by atoms with E-state index in [9.17, 15) is 9.59 Å². The summed E-state index contributed by atoms with van der Waals surface area (Å²) in [6.45, 7) is 1.76. The Hall–Kier alpha value is -3.20. The van der Waals surface area contributed by atoms with Gasteiger partial charge in [-0.05, 0) is 42.6 Å². The van der Waals surface area contributed by atoms with Crippen LogP contribution in [0.4, 0.5) is 0 Å². The lowest BCUT2D eigenvalue weighted by atomic mass is 10.0. The molecule has 166 valence electrons. The van der Waals surface area contributed by atoms with Gasteiger partial charge in [0, 0.05) is 16.5 Å². The molecule has 6 nitrogen and oxygen atoms in total. The number of carbonyl (C=O) groups excluding carboxylic acids is 1. The molecule has 0 bridgehead atoms. The first-order chi connectivity index (χ1) is 16.0. The molecule has 0 unspecified atom stereocenters. The first-order valence-corrected chi connectivity index (χ1v) is 12.0. The lowest BCUT2D eigenvalue weighted by molar-refractivity contribution is -0.136. The Labute approximate surface area is 201 Å². The van der Waals surface area contributed by atoms with E-state index >= 15 is 0 Å². The third-order valence-electron chi connectivity index (χ3n) is 5.28. The van der Waals surface area contributed by atoms with Gasteiger partial charge >= 0.3 is 5.97 Å².